The van der Waals surface area contributed by atoms with Gasteiger partial charge in [-0.05, 0) is 18.3 Å². The van der Waals surface area contributed by atoms with Crippen LogP contribution in [0.3, 0.4) is 0 Å². The molecule has 5 heteroatoms. The summed E-state index contributed by atoms with van der Waals surface area (Å²) in [7, 11) is 0. The normalized spacial score (nSPS) is 12.6. The van der Waals surface area contributed by atoms with Crippen molar-refractivity contribution in [2.24, 2.45) is 17.6 Å². The van der Waals surface area contributed by atoms with Crippen LogP contribution in [0, 0.1) is 11.8 Å². The highest BCUT2D eigenvalue weighted by Gasteiger charge is 2.17. The van der Waals surface area contributed by atoms with Crippen molar-refractivity contribution in [1.82, 2.24) is 0 Å². The molecule has 0 aromatic rings. The van der Waals surface area contributed by atoms with Crippen molar-refractivity contribution >= 4 is 11.9 Å². The topological polar surface area (TPSA) is 78.6 Å². The van der Waals surface area contributed by atoms with Crippen molar-refractivity contribution in [1.29, 1.82) is 0 Å². The fourth-order valence-electron chi connectivity index (χ4n) is 1.08. The quantitative estimate of drug-likeness (QED) is 0.668. The second kappa shape index (κ2) is 8.91. The monoisotopic (exact) mass is 259 g/mol. The molecule has 0 aromatic carbocycles. The molecule has 0 amide bonds. The zero-order valence-corrected chi connectivity index (χ0v) is 11.8. The summed E-state index contributed by atoms with van der Waals surface area (Å²) in [5.41, 5.74) is 5.63. The molecule has 0 spiro atoms. The zero-order chi connectivity index (χ0) is 14.1. The van der Waals surface area contributed by atoms with Crippen molar-refractivity contribution in [3.63, 3.8) is 0 Å². The van der Waals surface area contributed by atoms with Gasteiger partial charge in [0, 0.05) is 6.42 Å². The molecule has 0 aromatic heterocycles. The van der Waals surface area contributed by atoms with E-state index in [1.807, 2.05) is 27.7 Å². The highest BCUT2D eigenvalue weighted by Crippen LogP contribution is 2.02. The van der Waals surface area contributed by atoms with E-state index in [0.29, 0.717) is 19.1 Å². The molecule has 0 aliphatic carbocycles. The first-order valence-corrected chi connectivity index (χ1v) is 6.40. The highest BCUT2D eigenvalue weighted by atomic mass is 16.5. The first-order chi connectivity index (χ1) is 8.32. The van der Waals surface area contributed by atoms with Crippen LogP contribution in [0.2, 0.25) is 0 Å². The molecule has 106 valence electrons. The van der Waals surface area contributed by atoms with Gasteiger partial charge >= 0.3 is 11.9 Å². The number of nitrogens with two attached hydrogens (primary N) is 1. The van der Waals surface area contributed by atoms with Crippen LogP contribution in [0.5, 0.6) is 0 Å². The Kier molecular flexibility index (Phi) is 8.37. The Bertz CT molecular complexity index is 264. The molecule has 2 N–H and O–H groups in total. The van der Waals surface area contributed by atoms with Gasteiger partial charge in [-0.3, -0.25) is 9.59 Å². The largest absolute Gasteiger partial charge is 0.465 e. The van der Waals surface area contributed by atoms with E-state index in [-0.39, 0.29) is 24.7 Å². The minimum Gasteiger partial charge on any atom is -0.465 e. The van der Waals surface area contributed by atoms with Gasteiger partial charge in [0.15, 0.2) is 0 Å². The summed E-state index contributed by atoms with van der Waals surface area (Å²) in [4.78, 5) is 22.7. The van der Waals surface area contributed by atoms with Crippen LogP contribution in [0.15, 0.2) is 0 Å². The summed E-state index contributed by atoms with van der Waals surface area (Å²) in [5.74, 6) is -0.202. The second-order valence-electron chi connectivity index (χ2n) is 5.25. The summed E-state index contributed by atoms with van der Waals surface area (Å²) < 4.78 is 9.96. The molecule has 0 saturated heterocycles. The van der Waals surface area contributed by atoms with Crippen molar-refractivity contribution in [2.75, 3.05) is 13.2 Å². The van der Waals surface area contributed by atoms with Gasteiger partial charge in [-0.2, -0.15) is 0 Å². The summed E-state index contributed by atoms with van der Waals surface area (Å²) in [6, 6.07) is -0.754. The smallest absolute Gasteiger partial charge is 0.322 e. The Morgan fingerprint density at radius 1 is 1.00 bits per heavy atom. The molecule has 0 heterocycles. The predicted molar refractivity (Wildman–Crippen MR) is 68.8 cm³/mol. The molecular formula is C13H25NO4. The molecule has 0 radical (unpaired) electrons. The molecule has 1 atom stereocenters. The van der Waals surface area contributed by atoms with E-state index in [0.717, 1.165) is 0 Å². The van der Waals surface area contributed by atoms with Crippen LogP contribution in [-0.2, 0) is 19.1 Å². The number of hydrogen-bond acceptors (Lipinski definition) is 5. The number of carbonyl (C=O) groups is 2. The van der Waals surface area contributed by atoms with Gasteiger partial charge in [-0.25, -0.2) is 0 Å². The third-order valence-corrected chi connectivity index (χ3v) is 2.10. The summed E-state index contributed by atoms with van der Waals surface area (Å²) >= 11 is 0. The predicted octanol–water partition coefficient (Wildman–Crippen LogP) is 1.49. The molecule has 0 saturated carbocycles. The lowest BCUT2D eigenvalue weighted by Crippen LogP contribution is -2.33. The number of rotatable bonds is 8. The minimum absolute atomic E-state index is 0.144. The average molecular weight is 259 g/mol. The van der Waals surface area contributed by atoms with Crippen LogP contribution in [-0.4, -0.2) is 31.2 Å². The summed E-state index contributed by atoms with van der Waals surface area (Å²) in [6.45, 7) is 8.56. The lowest BCUT2D eigenvalue weighted by atomic mass is 10.1. The van der Waals surface area contributed by atoms with Crippen molar-refractivity contribution in [3.05, 3.63) is 0 Å². The van der Waals surface area contributed by atoms with Crippen LogP contribution in [0.25, 0.3) is 0 Å². The Morgan fingerprint density at radius 3 is 2.00 bits per heavy atom. The summed E-state index contributed by atoms with van der Waals surface area (Å²) in [5, 5.41) is 0. The Hall–Kier alpha value is -1.10. The van der Waals surface area contributed by atoms with E-state index in [1.54, 1.807) is 0 Å². The van der Waals surface area contributed by atoms with Crippen LogP contribution in [0.4, 0.5) is 0 Å². The van der Waals surface area contributed by atoms with E-state index in [4.69, 9.17) is 15.2 Å². The second-order valence-corrected chi connectivity index (χ2v) is 5.25. The molecule has 0 rings (SSSR count). The summed E-state index contributed by atoms with van der Waals surface area (Å²) in [6.07, 6.45) is 0.401. The maximum absolute atomic E-state index is 11.4. The van der Waals surface area contributed by atoms with Gasteiger partial charge in [0.1, 0.15) is 6.04 Å². The Morgan fingerprint density at radius 2 is 1.50 bits per heavy atom. The highest BCUT2D eigenvalue weighted by molar-refractivity contribution is 5.77. The van der Waals surface area contributed by atoms with Gasteiger partial charge in [-0.15, -0.1) is 0 Å². The standard InChI is InChI=1S/C13H25NO4/c1-9(2)7-17-12(15)6-5-11(14)13(16)18-8-10(3)4/h9-11H,5-8,14H2,1-4H3/t11-/m0/s1. The van der Waals surface area contributed by atoms with Gasteiger partial charge in [0.25, 0.3) is 0 Å². The lowest BCUT2D eigenvalue weighted by molar-refractivity contribution is -0.147. The number of carbonyl (C=O) groups excluding carboxylic acids is 2. The van der Waals surface area contributed by atoms with E-state index in [1.165, 1.54) is 0 Å². The molecule has 0 unspecified atom stereocenters. The molecule has 0 bridgehead atoms. The van der Waals surface area contributed by atoms with Gasteiger partial charge in [0.2, 0.25) is 0 Å². The number of ether oxygens (including phenoxy) is 2. The van der Waals surface area contributed by atoms with Crippen LogP contribution < -0.4 is 5.73 Å². The van der Waals surface area contributed by atoms with Crippen molar-refractivity contribution in [3.8, 4) is 0 Å². The zero-order valence-electron chi connectivity index (χ0n) is 11.8. The molecule has 0 fully saturated rings. The Balaban J connectivity index is 3.77. The van der Waals surface area contributed by atoms with Crippen LogP contribution >= 0.6 is 0 Å². The molecular weight excluding hydrogens is 234 g/mol. The molecule has 5 nitrogen and oxygen atoms in total. The maximum Gasteiger partial charge on any atom is 0.322 e. The molecule has 18 heavy (non-hydrogen) atoms. The van der Waals surface area contributed by atoms with E-state index < -0.39 is 12.0 Å². The average Bonchev–Trinajstić information content (AvgIpc) is 2.30. The third kappa shape index (κ3) is 8.98. The van der Waals surface area contributed by atoms with Crippen LogP contribution in [0.1, 0.15) is 40.5 Å². The molecule has 0 aliphatic rings. The van der Waals surface area contributed by atoms with Gasteiger partial charge in [-0.1, -0.05) is 27.7 Å². The number of esters is 2. The first kappa shape index (κ1) is 16.9. The molecule has 0 aliphatic heterocycles. The fourth-order valence-corrected chi connectivity index (χ4v) is 1.08. The number of hydrogen-bond donors (Lipinski definition) is 1. The van der Waals surface area contributed by atoms with Crippen molar-refractivity contribution in [2.45, 2.75) is 46.6 Å². The van der Waals surface area contributed by atoms with Gasteiger partial charge in [0.05, 0.1) is 13.2 Å². The SMILES string of the molecule is CC(C)COC(=O)CC[C@H](N)C(=O)OCC(C)C. The first-order valence-electron chi connectivity index (χ1n) is 6.40. The maximum atomic E-state index is 11.4. The van der Waals surface area contributed by atoms with E-state index >= 15 is 0 Å². The van der Waals surface area contributed by atoms with Crippen molar-refractivity contribution < 1.29 is 19.1 Å². The van der Waals surface area contributed by atoms with E-state index in [2.05, 4.69) is 0 Å². The minimum atomic E-state index is -0.754. The Labute approximate surface area is 109 Å². The fraction of sp³-hybridized carbons (Fsp3) is 0.846. The lowest BCUT2D eigenvalue weighted by Gasteiger charge is -2.13. The van der Waals surface area contributed by atoms with E-state index in [9.17, 15) is 9.59 Å². The van der Waals surface area contributed by atoms with Gasteiger partial charge < -0.3 is 15.2 Å². The third-order valence-electron chi connectivity index (χ3n) is 2.10.